The molecular formula is C20H24ClFN4O3. The quantitative estimate of drug-likeness (QED) is 0.723. The maximum Gasteiger partial charge on any atom is 0.325 e. The SMILES string of the molecule is Cc1nc(CN2C(=O)NC(Cc3ccc(F)cc3)(C3CCNCC3)C2=O)co1.Cl. The van der Waals surface area contributed by atoms with Crippen LogP contribution in [0.3, 0.4) is 0 Å². The Hall–Kier alpha value is -2.45. The lowest BCUT2D eigenvalue weighted by molar-refractivity contribution is -0.134. The van der Waals surface area contributed by atoms with Gasteiger partial charge >= 0.3 is 6.03 Å². The predicted octanol–water partition coefficient (Wildman–Crippen LogP) is 2.58. The van der Waals surface area contributed by atoms with Gasteiger partial charge in [0, 0.05) is 13.3 Å². The summed E-state index contributed by atoms with van der Waals surface area (Å²) in [7, 11) is 0. The van der Waals surface area contributed by atoms with Crippen molar-refractivity contribution in [2.45, 2.75) is 38.3 Å². The van der Waals surface area contributed by atoms with Gasteiger partial charge in [-0.15, -0.1) is 12.4 Å². The molecule has 1 atom stereocenters. The molecular weight excluding hydrogens is 399 g/mol. The molecule has 29 heavy (non-hydrogen) atoms. The number of carbonyl (C=O) groups excluding carboxylic acids is 2. The van der Waals surface area contributed by atoms with Crippen molar-refractivity contribution in [3.63, 3.8) is 0 Å². The lowest BCUT2D eigenvalue weighted by Gasteiger charge is -2.38. The number of aromatic nitrogens is 1. The molecule has 7 nitrogen and oxygen atoms in total. The molecule has 2 aliphatic heterocycles. The van der Waals surface area contributed by atoms with Gasteiger partial charge in [-0.25, -0.2) is 14.2 Å². The first-order valence-electron chi connectivity index (χ1n) is 9.48. The zero-order valence-corrected chi connectivity index (χ0v) is 16.9. The molecule has 0 radical (unpaired) electrons. The van der Waals surface area contributed by atoms with Crippen molar-refractivity contribution >= 4 is 24.3 Å². The van der Waals surface area contributed by atoms with Crippen LogP contribution in [0.4, 0.5) is 9.18 Å². The van der Waals surface area contributed by atoms with E-state index in [1.807, 2.05) is 0 Å². The van der Waals surface area contributed by atoms with Gasteiger partial charge in [0.25, 0.3) is 5.91 Å². The predicted molar refractivity (Wildman–Crippen MR) is 106 cm³/mol. The minimum Gasteiger partial charge on any atom is -0.449 e. The van der Waals surface area contributed by atoms with E-state index in [9.17, 15) is 14.0 Å². The van der Waals surface area contributed by atoms with Gasteiger partial charge in [0.1, 0.15) is 17.6 Å². The number of hydrogen-bond acceptors (Lipinski definition) is 5. The van der Waals surface area contributed by atoms with Gasteiger partial charge < -0.3 is 15.1 Å². The highest BCUT2D eigenvalue weighted by atomic mass is 35.5. The maximum absolute atomic E-state index is 13.5. The number of urea groups is 1. The Bertz CT molecular complexity index is 882. The zero-order valence-electron chi connectivity index (χ0n) is 16.1. The van der Waals surface area contributed by atoms with Crippen molar-refractivity contribution in [3.05, 3.63) is 53.5 Å². The Balaban J connectivity index is 0.00000240. The van der Waals surface area contributed by atoms with Crippen molar-refractivity contribution in [1.29, 1.82) is 0 Å². The molecule has 2 aromatic rings. The Labute approximate surface area is 174 Å². The number of piperidine rings is 1. The van der Waals surface area contributed by atoms with Crippen LogP contribution in [0.25, 0.3) is 0 Å². The van der Waals surface area contributed by atoms with Crippen molar-refractivity contribution in [2.75, 3.05) is 13.1 Å². The molecule has 9 heteroatoms. The van der Waals surface area contributed by atoms with E-state index in [0.717, 1.165) is 31.5 Å². The van der Waals surface area contributed by atoms with E-state index in [1.54, 1.807) is 19.1 Å². The van der Waals surface area contributed by atoms with Gasteiger partial charge in [-0.3, -0.25) is 9.69 Å². The second kappa shape index (κ2) is 8.51. The van der Waals surface area contributed by atoms with Crippen molar-refractivity contribution < 1.29 is 18.4 Å². The van der Waals surface area contributed by atoms with Crippen molar-refractivity contribution in [1.82, 2.24) is 20.5 Å². The third-order valence-corrected chi connectivity index (χ3v) is 5.62. The van der Waals surface area contributed by atoms with Crippen molar-refractivity contribution in [3.8, 4) is 0 Å². The summed E-state index contributed by atoms with van der Waals surface area (Å²) < 4.78 is 18.5. The van der Waals surface area contributed by atoms with Crippen LogP contribution < -0.4 is 10.6 Å². The minimum absolute atomic E-state index is 0. The van der Waals surface area contributed by atoms with E-state index < -0.39 is 11.6 Å². The Morgan fingerprint density at radius 1 is 1.24 bits per heavy atom. The van der Waals surface area contributed by atoms with Crippen LogP contribution in [0.15, 0.2) is 34.9 Å². The first kappa shape index (κ1) is 21.3. The van der Waals surface area contributed by atoms with E-state index in [1.165, 1.54) is 23.3 Å². The summed E-state index contributed by atoms with van der Waals surface area (Å²) in [6.07, 6.45) is 3.35. The van der Waals surface area contributed by atoms with Crippen LogP contribution >= 0.6 is 12.4 Å². The van der Waals surface area contributed by atoms with Crippen LogP contribution in [0.5, 0.6) is 0 Å². The summed E-state index contributed by atoms with van der Waals surface area (Å²) in [4.78, 5) is 31.7. The highest BCUT2D eigenvalue weighted by Crippen LogP contribution is 2.35. The number of halogens is 2. The number of aryl methyl sites for hydroxylation is 1. The molecule has 156 valence electrons. The van der Waals surface area contributed by atoms with Gasteiger partial charge in [-0.1, -0.05) is 12.1 Å². The fraction of sp³-hybridized carbons (Fsp3) is 0.450. The molecule has 0 bridgehead atoms. The number of nitrogens with zero attached hydrogens (tertiary/aromatic N) is 2. The van der Waals surface area contributed by atoms with Crippen LogP contribution in [0.1, 0.15) is 30.0 Å². The number of rotatable bonds is 5. The average molecular weight is 423 g/mol. The first-order valence-corrected chi connectivity index (χ1v) is 9.48. The topological polar surface area (TPSA) is 87.5 Å². The number of amides is 3. The minimum atomic E-state index is -1.03. The van der Waals surface area contributed by atoms with Crippen LogP contribution in [-0.4, -0.2) is 40.5 Å². The maximum atomic E-state index is 13.5. The Kier molecular flexibility index (Phi) is 6.24. The lowest BCUT2D eigenvalue weighted by Crippen LogP contribution is -2.57. The molecule has 2 N–H and O–H groups in total. The summed E-state index contributed by atoms with van der Waals surface area (Å²) in [5.74, 6) is -0.101. The Morgan fingerprint density at radius 3 is 2.55 bits per heavy atom. The molecule has 1 unspecified atom stereocenters. The molecule has 3 amide bonds. The smallest absolute Gasteiger partial charge is 0.325 e. The van der Waals surface area contributed by atoms with Gasteiger partial charge in [-0.05, 0) is 49.5 Å². The van der Waals surface area contributed by atoms with E-state index in [4.69, 9.17) is 4.42 Å². The van der Waals surface area contributed by atoms with Crippen LogP contribution in [0.2, 0.25) is 0 Å². The number of imide groups is 1. The standard InChI is InChI=1S/C20H23FN4O3.ClH/c1-13-23-17(12-28-13)11-25-18(26)20(24-19(25)27,15-6-8-22-9-7-15)10-14-2-4-16(21)5-3-14;/h2-5,12,15,22H,6-11H2,1H3,(H,24,27);1H. The molecule has 0 spiro atoms. The lowest BCUT2D eigenvalue weighted by atomic mass is 9.74. The molecule has 0 aliphatic carbocycles. The molecule has 1 aromatic heterocycles. The van der Waals surface area contributed by atoms with Crippen LogP contribution in [-0.2, 0) is 17.8 Å². The molecule has 0 saturated carbocycles. The molecule has 2 saturated heterocycles. The largest absolute Gasteiger partial charge is 0.449 e. The van der Waals surface area contributed by atoms with E-state index in [2.05, 4.69) is 15.6 Å². The molecule has 4 rings (SSSR count). The second-order valence-electron chi connectivity index (χ2n) is 7.48. The van der Waals surface area contributed by atoms with Crippen molar-refractivity contribution in [2.24, 2.45) is 5.92 Å². The molecule has 2 aliphatic rings. The third-order valence-electron chi connectivity index (χ3n) is 5.62. The second-order valence-corrected chi connectivity index (χ2v) is 7.48. The third kappa shape index (κ3) is 4.13. The summed E-state index contributed by atoms with van der Waals surface area (Å²) >= 11 is 0. The van der Waals surface area contributed by atoms with E-state index in [-0.39, 0.29) is 36.6 Å². The van der Waals surface area contributed by atoms with E-state index >= 15 is 0 Å². The van der Waals surface area contributed by atoms with Crippen LogP contribution in [0, 0.1) is 18.7 Å². The van der Waals surface area contributed by atoms with E-state index in [0.29, 0.717) is 18.0 Å². The summed E-state index contributed by atoms with van der Waals surface area (Å²) in [5, 5.41) is 6.28. The number of nitrogens with one attached hydrogen (secondary N) is 2. The Morgan fingerprint density at radius 2 is 1.93 bits per heavy atom. The van der Waals surface area contributed by atoms with Gasteiger partial charge in [0.2, 0.25) is 0 Å². The first-order chi connectivity index (χ1) is 13.5. The highest BCUT2D eigenvalue weighted by molar-refractivity contribution is 6.07. The number of hydrogen-bond donors (Lipinski definition) is 2. The number of oxazole rings is 1. The van der Waals surface area contributed by atoms with Gasteiger partial charge in [-0.2, -0.15) is 0 Å². The van der Waals surface area contributed by atoms with Gasteiger partial charge in [0.15, 0.2) is 5.89 Å². The molecule has 1 aromatic carbocycles. The fourth-order valence-corrected chi connectivity index (χ4v) is 4.21. The zero-order chi connectivity index (χ0) is 19.7. The highest BCUT2D eigenvalue weighted by Gasteiger charge is 2.55. The molecule has 2 fully saturated rings. The number of benzene rings is 1. The molecule has 3 heterocycles. The monoisotopic (exact) mass is 422 g/mol. The summed E-state index contributed by atoms with van der Waals surface area (Å²) in [6, 6.07) is 5.67. The van der Waals surface area contributed by atoms with Gasteiger partial charge in [0.05, 0.1) is 12.2 Å². The fourth-order valence-electron chi connectivity index (χ4n) is 4.21. The average Bonchev–Trinajstić information content (AvgIpc) is 3.21. The summed E-state index contributed by atoms with van der Waals surface area (Å²) in [5.41, 5.74) is 0.312. The number of carbonyl (C=O) groups is 2. The summed E-state index contributed by atoms with van der Waals surface area (Å²) in [6.45, 7) is 3.37. The normalized spacial score (nSPS) is 22.5.